The van der Waals surface area contributed by atoms with Crippen LogP contribution >= 0.6 is 24.2 Å². The Morgan fingerprint density at radius 3 is 2.29 bits per heavy atom. The predicted molar refractivity (Wildman–Crippen MR) is 92.9 cm³/mol. The molecular weight excluding hydrogens is 304 g/mol. The van der Waals surface area contributed by atoms with Crippen molar-refractivity contribution in [3.63, 3.8) is 0 Å². The number of hydrogen-bond donors (Lipinski definition) is 0. The molecule has 0 spiro atoms. The van der Waals surface area contributed by atoms with E-state index in [0.29, 0.717) is 0 Å². The van der Waals surface area contributed by atoms with E-state index in [0.717, 1.165) is 38.3 Å². The van der Waals surface area contributed by atoms with Crippen molar-refractivity contribution in [2.45, 2.75) is 11.8 Å². The normalized spacial score (nSPS) is 18.0. The van der Waals surface area contributed by atoms with E-state index in [-0.39, 0.29) is 24.1 Å². The van der Waals surface area contributed by atoms with Crippen LogP contribution in [0.3, 0.4) is 0 Å². The Balaban J connectivity index is 0.00000220. The summed E-state index contributed by atoms with van der Waals surface area (Å²) in [4.78, 5) is 18.4. The zero-order valence-corrected chi connectivity index (χ0v) is 14.7. The molecule has 118 valence electrons. The number of likely N-dealkylation sites (N-methyl/N-ethyl adjacent to an activating group) is 1. The zero-order valence-electron chi connectivity index (χ0n) is 13.0. The standard InChI is InChI=1S/C16H24N2OS.ClH/c1-13(12-18-10-8-17(2)9-11-18)16(19)14-4-6-15(20-3)7-5-14;/h4-7,13H,8-12H2,1-3H3;1H. The van der Waals surface area contributed by atoms with Gasteiger partial charge in [0.1, 0.15) is 0 Å². The minimum atomic E-state index is 0. The van der Waals surface area contributed by atoms with Gasteiger partial charge in [0.25, 0.3) is 0 Å². The number of carbonyl (C=O) groups excluding carboxylic acids is 1. The van der Waals surface area contributed by atoms with E-state index in [9.17, 15) is 4.79 Å². The number of hydrogen-bond acceptors (Lipinski definition) is 4. The summed E-state index contributed by atoms with van der Waals surface area (Å²) >= 11 is 1.70. The summed E-state index contributed by atoms with van der Waals surface area (Å²) in [6.07, 6.45) is 2.05. The highest BCUT2D eigenvalue weighted by Gasteiger charge is 2.21. The summed E-state index contributed by atoms with van der Waals surface area (Å²) < 4.78 is 0. The first-order chi connectivity index (χ1) is 9.60. The van der Waals surface area contributed by atoms with Gasteiger partial charge in [0.15, 0.2) is 5.78 Å². The lowest BCUT2D eigenvalue weighted by Gasteiger charge is -2.33. The molecule has 0 saturated carbocycles. The maximum absolute atomic E-state index is 12.4. The third-order valence-corrected chi connectivity index (χ3v) is 4.69. The van der Waals surface area contributed by atoms with Crippen LogP contribution in [0, 0.1) is 5.92 Å². The van der Waals surface area contributed by atoms with Crippen LogP contribution in [0.25, 0.3) is 0 Å². The minimum absolute atomic E-state index is 0. The first kappa shape index (κ1) is 18.5. The molecule has 1 heterocycles. The van der Waals surface area contributed by atoms with Crippen LogP contribution in [0.4, 0.5) is 0 Å². The van der Waals surface area contributed by atoms with Gasteiger partial charge >= 0.3 is 0 Å². The Hall–Kier alpha value is -0.550. The van der Waals surface area contributed by atoms with Crippen molar-refractivity contribution in [3.8, 4) is 0 Å². The molecule has 1 aliphatic heterocycles. The van der Waals surface area contributed by atoms with Gasteiger partial charge in [0.05, 0.1) is 0 Å². The largest absolute Gasteiger partial charge is 0.304 e. The molecule has 3 nitrogen and oxygen atoms in total. The van der Waals surface area contributed by atoms with Crippen molar-refractivity contribution in [2.24, 2.45) is 5.92 Å². The summed E-state index contributed by atoms with van der Waals surface area (Å²) in [5.74, 6) is 0.329. The number of halogens is 1. The highest BCUT2D eigenvalue weighted by atomic mass is 35.5. The van der Waals surface area contributed by atoms with Crippen molar-refractivity contribution in [1.29, 1.82) is 0 Å². The Kier molecular flexibility index (Phi) is 7.74. The summed E-state index contributed by atoms with van der Waals surface area (Å²) in [5.41, 5.74) is 0.837. The van der Waals surface area contributed by atoms with E-state index in [1.165, 1.54) is 4.90 Å². The molecule has 0 aromatic heterocycles. The number of Topliss-reactive ketones (excluding diaryl/α,β-unsaturated/α-hetero) is 1. The molecule has 1 fully saturated rings. The third kappa shape index (κ3) is 5.29. The number of ketones is 1. The highest BCUT2D eigenvalue weighted by molar-refractivity contribution is 7.98. The van der Waals surface area contributed by atoms with Gasteiger partial charge in [-0.15, -0.1) is 24.2 Å². The summed E-state index contributed by atoms with van der Waals surface area (Å²) in [6, 6.07) is 7.96. The molecule has 0 amide bonds. The number of benzene rings is 1. The monoisotopic (exact) mass is 328 g/mol. The predicted octanol–water partition coefficient (Wildman–Crippen LogP) is 2.90. The van der Waals surface area contributed by atoms with E-state index < -0.39 is 0 Å². The molecule has 5 heteroatoms. The molecule has 1 aliphatic rings. The second kappa shape index (κ2) is 8.79. The summed E-state index contributed by atoms with van der Waals surface area (Å²) in [5, 5.41) is 0. The maximum Gasteiger partial charge on any atom is 0.166 e. The highest BCUT2D eigenvalue weighted by Crippen LogP contribution is 2.17. The first-order valence-electron chi connectivity index (χ1n) is 7.19. The quantitative estimate of drug-likeness (QED) is 0.612. The van der Waals surface area contributed by atoms with Crippen molar-refractivity contribution < 1.29 is 4.79 Å². The Morgan fingerprint density at radius 1 is 1.19 bits per heavy atom. The van der Waals surface area contributed by atoms with Crippen molar-refractivity contribution in [3.05, 3.63) is 29.8 Å². The van der Waals surface area contributed by atoms with Gasteiger partial charge in [-0.3, -0.25) is 4.79 Å². The van der Waals surface area contributed by atoms with Crippen molar-refractivity contribution in [1.82, 2.24) is 9.80 Å². The summed E-state index contributed by atoms with van der Waals surface area (Å²) in [7, 11) is 2.15. The van der Waals surface area contributed by atoms with Crippen LogP contribution in [0.2, 0.25) is 0 Å². The molecular formula is C16H25ClN2OS. The van der Waals surface area contributed by atoms with Crippen LogP contribution in [0.5, 0.6) is 0 Å². The number of piperazine rings is 1. The van der Waals surface area contributed by atoms with Crippen LogP contribution in [0.15, 0.2) is 29.2 Å². The summed E-state index contributed by atoms with van der Waals surface area (Å²) in [6.45, 7) is 7.26. The van der Waals surface area contributed by atoms with Gasteiger partial charge in [0.2, 0.25) is 0 Å². The fourth-order valence-electron chi connectivity index (χ4n) is 2.54. The second-order valence-electron chi connectivity index (χ2n) is 5.60. The van der Waals surface area contributed by atoms with Gasteiger partial charge in [0, 0.05) is 49.1 Å². The van der Waals surface area contributed by atoms with Crippen LogP contribution in [-0.4, -0.2) is 61.6 Å². The number of thioether (sulfide) groups is 1. The van der Waals surface area contributed by atoms with Gasteiger partial charge in [-0.2, -0.15) is 0 Å². The fourth-order valence-corrected chi connectivity index (χ4v) is 2.95. The SMILES string of the molecule is CSc1ccc(C(=O)C(C)CN2CCN(C)CC2)cc1.Cl. The van der Waals surface area contributed by atoms with Crippen LogP contribution in [-0.2, 0) is 0 Å². The Bertz CT molecular complexity index is 444. The van der Waals surface area contributed by atoms with Gasteiger partial charge in [-0.05, 0) is 25.4 Å². The number of rotatable bonds is 5. The zero-order chi connectivity index (χ0) is 14.5. The van der Waals surface area contributed by atoms with E-state index >= 15 is 0 Å². The minimum Gasteiger partial charge on any atom is -0.304 e. The lowest BCUT2D eigenvalue weighted by molar-refractivity contribution is 0.0854. The Labute approximate surface area is 138 Å². The van der Waals surface area contributed by atoms with E-state index in [1.807, 2.05) is 37.4 Å². The number of carbonyl (C=O) groups is 1. The third-order valence-electron chi connectivity index (χ3n) is 3.95. The Morgan fingerprint density at radius 2 is 1.76 bits per heavy atom. The van der Waals surface area contributed by atoms with E-state index in [1.54, 1.807) is 11.8 Å². The fraction of sp³-hybridized carbons (Fsp3) is 0.562. The van der Waals surface area contributed by atoms with Crippen LogP contribution < -0.4 is 0 Å². The molecule has 0 bridgehead atoms. The number of nitrogens with zero attached hydrogens (tertiary/aromatic N) is 2. The molecule has 21 heavy (non-hydrogen) atoms. The lowest BCUT2D eigenvalue weighted by atomic mass is 9.98. The molecule has 1 unspecified atom stereocenters. The molecule has 1 atom stereocenters. The lowest BCUT2D eigenvalue weighted by Crippen LogP contribution is -2.46. The van der Waals surface area contributed by atoms with Crippen molar-refractivity contribution >= 4 is 30.0 Å². The molecule has 0 aliphatic carbocycles. The maximum atomic E-state index is 12.4. The molecule has 0 N–H and O–H groups in total. The van der Waals surface area contributed by atoms with Gasteiger partial charge in [-0.25, -0.2) is 0 Å². The van der Waals surface area contributed by atoms with E-state index in [2.05, 4.69) is 16.8 Å². The van der Waals surface area contributed by atoms with Gasteiger partial charge < -0.3 is 9.80 Å². The first-order valence-corrected chi connectivity index (χ1v) is 8.42. The average molecular weight is 329 g/mol. The molecule has 1 saturated heterocycles. The second-order valence-corrected chi connectivity index (χ2v) is 6.48. The van der Waals surface area contributed by atoms with Gasteiger partial charge in [-0.1, -0.05) is 19.1 Å². The van der Waals surface area contributed by atoms with Crippen LogP contribution in [0.1, 0.15) is 17.3 Å². The molecule has 0 radical (unpaired) electrons. The smallest absolute Gasteiger partial charge is 0.166 e. The topological polar surface area (TPSA) is 23.6 Å². The van der Waals surface area contributed by atoms with E-state index in [4.69, 9.17) is 0 Å². The average Bonchev–Trinajstić information content (AvgIpc) is 2.49. The van der Waals surface area contributed by atoms with Crippen molar-refractivity contribution in [2.75, 3.05) is 46.0 Å². The molecule has 1 aromatic carbocycles. The molecule has 1 aromatic rings. The molecule has 2 rings (SSSR count).